The molecular weight excluding hydrogens is 264 g/mol. The first kappa shape index (κ1) is 15.5. The fourth-order valence-electron chi connectivity index (χ4n) is 1.34. The third-order valence-corrected chi connectivity index (χ3v) is 2.40. The molecule has 1 aromatic rings. The number of ether oxygens (including phenoxy) is 1. The normalized spacial score (nSPS) is 10.9. The fourth-order valence-corrected chi connectivity index (χ4v) is 1.34. The minimum absolute atomic E-state index is 0.0221. The first-order chi connectivity index (χ1) is 9.52. The Morgan fingerprint density at radius 3 is 2.45 bits per heavy atom. The van der Waals surface area contributed by atoms with Crippen LogP contribution in [0.5, 0.6) is 5.75 Å². The van der Waals surface area contributed by atoms with E-state index in [0.29, 0.717) is 11.3 Å². The molecule has 0 saturated carbocycles. The van der Waals surface area contributed by atoms with Gasteiger partial charge in [-0.3, -0.25) is 4.79 Å². The van der Waals surface area contributed by atoms with Crippen molar-refractivity contribution in [3.63, 3.8) is 0 Å². The Hall–Kier alpha value is -2.57. The Labute approximate surface area is 116 Å². The number of carbonyl (C=O) groups is 2. The molecule has 1 aromatic carbocycles. The summed E-state index contributed by atoms with van der Waals surface area (Å²) in [6, 6.07) is 6.75. The van der Waals surface area contributed by atoms with E-state index < -0.39 is 11.9 Å². The molecule has 0 radical (unpaired) electrons. The number of nitrogens with zero attached hydrogens (tertiary/aromatic N) is 1. The second-order valence-electron chi connectivity index (χ2n) is 3.92. The molecule has 108 valence electrons. The van der Waals surface area contributed by atoms with E-state index in [4.69, 9.17) is 15.6 Å². The number of nitrogens with two attached hydrogens (primary N) is 1. The lowest BCUT2D eigenvalue weighted by Gasteiger charge is -2.03. The highest BCUT2D eigenvalue weighted by molar-refractivity contribution is 5.97. The van der Waals surface area contributed by atoms with Crippen molar-refractivity contribution in [2.24, 2.45) is 10.9 Å². The van der Waals surface area contributed by atoms with E-state index in [1.54, 1.807) is 31.4 Å². The average Bonchev–Trinajstić information content (AvgIpc) is 2.44. The van der Waals surface area contributed by atoms with Crippen molar-refractivity contribution >= 4 is 17.8 Å². The summed E-state index contributed by atoms with van der Waals surface area (Å²) < 4.78 is 5.00. The highest BCUT2D eigenvalue weighted by Gasteiger charge is 2.06. The predicted octanol–water partition coefficient (Wildman–Crippen LogP) is 1.11. The Bertz CT molecular complexity index is 496. The number of aliphatic carboxylic acids is 1. The molecule has 0 heterocycles. The van der Waals surface area contributed by atoms with Crippen LogP contribution in [0.25, 0.3) is 0 Å². The molecule has 3 N–H and O–H groups in total. The molecule has 0 bridgehead atoms. The molecule has 0 aliphatic rings. The monoisotopic (exact) mass is 280 g/mol. The topological polar surface area (TPSA) is 111 Å². The van der Waals surface area contributed by atoms with Crippen LogP contribution in [0.2, 0.25) is 0 Å². The Kier molecular flexibility index (Phi) is 6.02. The van der Waals surface area contributed by atoms with Crippen LogP contribution >= 0.6 is 0 Å². The van der Waals surface area contributed by atoms with E-state index in [-0.39, 0.29) is 25.1 Å². The lowest BCUT2D eigenvalue weighted by atomic mass is 10.2. The van der Waals surface area contributed by atoms with Crippen molar-refractivity contribution in [3.05, 3.63) is 29.8 Å². The molecular formula is C13H16N2O5. The maximum Gasteiger partial charge on any atom is 0.335 e. The number of oxime groups is 1. The van der Waals surface area contributed by atoms with E-state index >= 15 is 0 Å². The van der Waals surface area contributed by atoms with Crippen molar-refractivity contribution in [3.8, 4) is 5.75 Å². The molecule has 7 heteroatoms. The highest BCUT2D eigenvalue weighted by atomic mass is 16.7. The Morgan fingerprint density at radius 1 is 1.25 bits per heavy atom. The molecule has 0 atom stereocenters. The van der Waals surface area contributed by atoms with Crippen LogP contribution in [-0.4, -0.2) is 30.0 Å². The number of carbonyl (C=O) groups excluding carboxylic acids is 1. The van der Waals surface area contributed by atoms with Crippen molar-refractivity contribution in [1.29, 1.82) is 0 Å². The van der Waals surface area contributed by atoms with Gasteiger partial charge in [0, 0.05) is 18.4 Å². The number of methoxy groups -OCH3 is 1. The van der Waals surface area contributed by atoms with Gasteiger partial charge in [0.05, 0.1) is 7.11 Å². The third-order valence-electron chi connectivity index (χ3n) is 2.40. The maximum absolute atomic E-state index is 11.3. The molecule has 7 nitrogen and oxygen atoms in total. The minimum Gasteiger partial charge on any atom is -0.497 e. The number of benzene rings is 1. The molecule has 0 amide bonds. The number of hydrogen-bond acceptors (Lipinski definition) is 5. The zero-order valence-corrected chi connectivity index (χ0v) is 11.0. The van der Waals surface area contributed by atoms with E-state index in [2.05, 4.69) is 9.99 Å². The summed E-state index contributed by atoms with van der Waals surface area (Å²) in [5.41, 5.74) is 6.24. The van der Waals surface area contributed by atoms with Crippen LogP contribution in [0.15, 0.2) is 29.4 Å². The molecule has 0 aliphatic heterocycles. The van der Waals surface area contributed by atoms with Gasteiger partial charge in [0.25, 0.3) is 0 Å². The SMILES string of the molecule is COc1ccc(/C(N)=N/OC(=O)CCCC(=O)O)cc1. The van der Waals surface area contributed by atoms with Crippen LogP contribution in [0, 0.1) is 0 Å². The molecule has 0 spiro atoms. The van der Waals surface area contributed by atoms with Crippen LogP contribution in [0.3, 0.4) is 0 Å². The second kappa shape index (κ2) is 7.78. The molecule has 0 unspecified atom stereocenters. The molecule has 20 heavy (non-hydrogen) atoms. The molecule has 0 aromatic heterocycles. The van der Waals surface area contributed by atoms with Gasteiger partial charge in [-0.15, -0.1) is 0 Å². The van der Waals surface area contributed by atoms with Crippen LogP contribution in [0.1, 0.15) is 24.8 Å². The molecule has 0 saturated heterocycles. The van der Waals surface area contributed by atoms with Gasteiger partial charge >= 0.3 is 11.9 Å². The van der Waals surface area contributed by atoms with Crippen LogP contribution in [0.4, 0.5) is 0 Å². The van der Waals surface area contributed by atoms with Crippen molar-refractivity contribution in [2.45, 2.75) is 19.3 Å². The van der Waals surface area contributed by atoms with Gasteiger partial charge in [0.1, 0.15) is 5.75 Å². The summed E-state index contributed by atoms with van der Waals surface area (Å²) in [6.45, 7) is 0. The first-order valence-electron chi connectivity index (χ1n) is 5.92. The van der Waals surface area contributed by atoms with Gasteiger partial charge in [0.15, 0.2) is 5.84 Å². The zero-order chi connectivity index (χ0) is 15.0. The second-order valence-corrected chi connectivity index (χ2v) is 3.92. The average molecular weight is 280 g/mol. The first-order valence-corrected chi connectivity index (χ1v) is 5.92. The quantitative estimate of drug-likeness (QED) is 0.335. The number of amidine groups is 1. The van der Waals surface area contributed by atoms with Gasteiger partial charge in [-0.25, -0.2) is 4.79 Å². The minimum atomic E-state index is -0.959. The summed E-state index contributed by atoms with van der Waals surface area (Å²) in [7, 11) is 1.55. The largest absolute Gasteiger partial charge is 0.497 e. The fraction of sp³-hybridized carbons (Fsp3) is 0.308. The summed E-state index contributed by atoms with van der Waals surface area (Å²) in [5.74, 6) is -0.854. The summed E-state index contributed by atoms with van der Waals surface area (Å²) in [6.07, 6.45) is 0.0879. The summed E-state index contributed by atoms with van der Waals surface area (Å²) in [4.78, 5) is 26.1. The van der Waals surface area contributed by atoms with Gasteiger partial charge in [0.2, 0.25) is 0 Å². The van der Waals surface area contributed by atoms with Crippen molar-refractivity contribution in [2.75, 3.05) is 7.11 Å². The van der Waals surface area contributed by atoms with Crippen molar-refractivity contribution < 1.29 is 24.3 Å². The Balaban J connectivity index is 2.47. The van der Waals surface area contributed by atoms with E-state index in [1.807, 2.05) is 0 Å². The van der Waals surface area contributed by atoms with Gasteiger partial charge < -0.3 is 20.4 Å². The van der Waals surface area contributed by atoms with Gasteiger partial charge in [-0.1, -0.05) is 5.16 Å². The maximum atomic E-state index is 11.3. The van der Waals surface area contributed by atoms with Crippen LogP contribution < -0.4 is 10.5 Å². The standard InChI is InChI=1S/C13H16N2O5/c1-19-10-7-5-9(6-8-10)13(14)15-20-12(18)4-2-3-11(16)17/h5-8H,2-4H2,1H3,(H2,14,15)(H,16,17). The molecule has 0 aliphatic carbocycles. The lowest BCUT2D eigenvalue weighted by molar-refractivity contribution is -0.144. The number of rotatable bonds is 7. The van der Waals surface area contributed by atoms with E-state index in [1.165, 1.54) is 0 Å². The summed E-state index contributed by atoms with van der Waals surface area (Å²) in [5, 5.41) is 11.9. The molecule has 1 rings (SSSR count). The lowest BCUT2D eigenvalue weighted by Crippen LogP contribution is -2.15. The van der Waals surface area contributed by atoms with E-state index in [9.17, 15) is 9.59 Å². The zero-order valence-electron chi connectivity index (χ0n) is 11.0. The van der Waals surface area contributed by atoms with E-state index in [0.717, 1.165) is 0 Å². The number of carboxylic acid groups (broad SMARTS) is 1. The van der Waals surface area contributed by atoms with Crippen molar-refractivity contribution in [1.82, 2.24) is 0 Å². The summed E-state index contributed by atoms with van der Waals surface area (Å²) >= 11 is 0. The highest BCUT2D eigenvalue weighted by Crippen LogP contribution is 2.11. The predicted molar refractivity (Wildman–Crippen MR) is 71.3 cm³/mol. The Morgan fingerprint density at radius 2 is 1.90 bits per heavy atom. The smallest absolute Gasteiger partial charge is 0.335 e. The van der Waals surface area contributed by atoms with Crippen LogP contribution in [-0.2, 0) is 14.4 Å². The number of carboxylic acids is 1. The molecule has 0 fully saturated rings. The van der Waals surface area contributed by atoms with Gasteiger partial charge in [-0.05, 0) is 30.7 Å². The number of hydrogen-bond donors (Lipinski definition) is 2. The van der Waals surface area contributed by atoms with Gasteiger partial charge in [-0.2, -0.15) is 0 Å². The third kappa shape index (κ3) is 5.38.